The summed E-state index contributed by atoms with van der Waals surface area (Å²) < 4.78 is 5.23. The Hall–Kier alpha value is -2.44. The van der Waals surface area contributed by atoms with E-state index >= 15 is 0 Å². The van der Waals surface area contributed by atoms with Gasteiger partial charge in [-0.25, -0.2) is 9.97 Å². The van der Waals surface area contributed by atoms with E-state index in [0.717, 1.165) is 37.5 Å². The molecule has 0 radical (unpaired) electrons. The van der Waals surface area contributed by atoms with Crippen LogP contribution in [-0.2, 0) is 19.5 Å². The van der Waals surface area contributed by atoms with E-state index in [1.807, 2.05) is 29.7 Å². The van der Waals surface area contributed by atoms with Crippen LogP contribution in [0.15, 0.2) is 42.6 Å². The van der Waals surface area contributed by atoms with Crippen LogP contribution in [0.25, 0.3) is 10.4 Å². The highest BCUT2D eigenvalue weighted by Gasteiger charge is 2.18. The summed E-state index contributed by atoms with van der Waals surface area (Å²) in [6.07, 6.45) is 2.79. The monoisotopic (exact) mass is 352 g/mol. The Morgan fingerprint density at radius 3 is 2.84 bits per heavy atom. The standard InChI is InChI=1S/C19H20N4OS/c1-24-15-4-2-13(3-5-15)18-7-6-16(25-18)12-23-9-8-17-14(11-23)10-21-19(20)22-17/h2-7,10H,8-9,11-12H2,1H3,(H2,20,21,22). The number of hydrogen-bond donors (Lipinski definition) is 1. The Kier molecular flexibility index (Phi) is 4.38. The van der Waals surface area contributed by atoms with Crippen molar-refractivity contribution in [2.75, 3.05) is 19.4 Å². The Labute approximate surface area is 151 Å². The van der Waals surface area contributed by atoms with Crippen molar-refractivity contribution in [3.63, 3.8) is 0 Å². The van der Waals surface area contributed by atoms with Crippen molar-refractivity contribution >= 4 is 17.3 Å². The number of ether oxygens (including phenoxy) is 1. The summed E-state index contributed by atoms with van der Waals surface area (Å²) in [4.78, 5) is 13.6. The molecule has 0 fully saturated rings. The van der Waals surface area contributed by atoms with Crippen LogP contribution in [0, 0.1) is 0 Å². The predicted octanol–water partition coefficient (Wildman–Crippen LogP) is 3.35. The molecule has 128 valence electrons. The van der Waals surface area contributed by atoms with Gasteiger partial charge in [0.15, 0.2) is 0 Å². The van der Waals surface area contributed by atoms with Gasteiger partial charge in [-0.2, -0.15) is 0 Å². The van der Waals surface area contributed by atoms with Crippen LogP contribution in [0.2, 0.25) is 0 Å². The number of rotatable bonds is 4. The average molecular weight is 352 g/mol. The number of anilines is 1. The van der Waals surface area contributed by atoms with E-state index in [9.17, 15) is 0 Å². The zero-order valence-electron chi connectivity index (χ0n) is 14.1. The lowest BCUT2D eigenvalue weighted by Crippen LogP contribution is -2.30. The minimum Gasteiger partial charge on any atom is -0.497 e. The van der Waals surface area contributed by atoms with Crippen molar-refractivity contribution in [3.05, 3.63) is 58.7 Å². The predicted molar refractivity (Wildman–Crippen MR) is 101 cm³/mol. The lowest BCUT2D eigenvalue weighted by molar-refractivity contribution is 0.245. The highest BCUT2D eigenvalue weighted by Crippen LogP contribution is 2.31. The zero-order valence-corrected chi connectivity index (χ0v) is 14.9. The van der Waals surface area contributed by atoms with Gasteiger partial charge in [0.2, 0.25) is 5.95 Å². The molecule has 2 aromatic heterocycles. The van der Waals surface area contributed by atoms with Crippen molar-refractivity contribution in [1.29, 1.82) is 0 Å². The lowest BCUT2D eigenvalue weighted by Gasteiger charge is -2.27. The van der Waals surface area contributed by atoms with Crippen LogP contribution in [0.5, 0.6) is 5.75 Å². The maximum Gasteiger partial charge on any atom is 0.220 e. The molecular weight excluding hydrogens is 332 g/mol. The topological polar surface area (TPSA) is 64.3 Å². The molecule has 1 aliphatic rings. The maximum absolute atomic E-state index is 5.67. The first-order valence-corrected chi connectivity index (χ1v) is 9.08. The van der Waals surface area contributed by atoms with Gasteiger partial charge in [-0.3, -0.25) is 4.90 Å². The third-order valence-electron chi connectivity index (χ3n) is 4.45. The molecule has 1 aliphatic heterocycles. The molecule has 6 heteroatoms. The first kappa shape index (κ1) is 16.1. The van der Waals surface area contributed by atoms with Gasteiger partial charge in [-0.05, 0) is 42.0 Å². The molecule has 0 amide bonds. The Balaban J connectivity index is 1.45. The summed E-state index contributed by atoms with van der Waals surface area (Å²) in [5.74, 6) is 1.25. The minimum atomic E-state index is 0.370. The number of fused-ring (bicyclic) bond motifs is 1. The lowest BCUT2D eigenvalue weighted by atomic mass is 10.1. The minimum absolute atomic E-state index is 0.370. The Bertz CT molecular complexity index is 875. The zero-order chi connectivity index (χ0) is 17.2. The van der Waals surface area contributed by atoms with Crippen LogP contribution in [0.4, 0.5) is 5.95 Å². The number of aromatic nitrogens is 2. The molecule has 0 spiro atoms. The molecule has 25 heavy (non-hydrogen) atoms. The second-order valence-corrected chi connectivity index (χ2v) is 7.32. The van der Waals surface area contributed by atoms with Crippen molar-refractivity contribution in [2.24, 2.45) is 0 Å². The number of nitrogen functional groups attached to an aromatic ring is 1. The van der Waals surface area contributed by atoms with Crippen LogP contribution in [-0.4, -0.2) is 28.5 Å². The van der Waals surface area contributed by atoms with Crippen molar-refractivity contribution in [1.82, 2.24) is 14.9 Å². The SMILES string of the molecule is COc1ccc(-c2ccc(CN3CCc4nc(N)ncc4C3)s2)cc1. The molecule has 0 saturated heterocycles. The molecule has 0 unspecified atom stereocenters. The van der Waals surface area contributed by atoms with Crippen molar-refractivity contribution in [3.8, 4) is 16.2 Å². The van der Waals surface area contributed by atoms with Gasteiger partial charge in [-0.1, -0.05) is 0 Å². The van der Waals surface area contributed by atoms with Gasteiger partial charge in [-0.15, -0.1) is 11.3 Å². The molecule has 0 saturated carbocycles. The number of nitrogens with zero attached hydrogens (tertiary/aromatic N) is 3. The van der Waals surface area contributed by atoms with Crippen LogP contribution >= 0.6 is 11.3 Å². The molecule has 0 bridgehead atoms. The summed E-state index contributed by atoms with van der Waals surface area (Å²) in [5.41, 5.74) is 9.18. The second kappa shape index (κ2) is 6.82. The molecule has 4 rings (SSSR count). The number of hydrogen-bond acceptors (Lipinski definition) is 6. The molecule has 2 N–H and O–H groups in total. The quantitative estimate of drug-likeness (QED) is 0.780. The number of thiophene rings is 1. The molecule has 3 aromatic rings. The molecule has 0 atom stereocenters. The van der Waals surface area contributed by atoms with Crippen LogP contribution in [0.3, 0.4) is 0 Å². The first-order valence-electron chi connectivity index (χ1n) is 8.27. The largest absolute Gasteiger partial charge is 0.497 e. The Morgan fingerprint density at radius 2 is 2.04 bits per heavy atom. The fraction of sp³-hybridized carbons (Fsp3) is 0.263. The summed E-state index contributed by atoms with van der Waals surface area (Å²) >= 11 is 1.84. The number of methoxy groups -OCH3 is 1. The third kappa shape index (κ3) is 3.50. The van der Waals surface area contributed by atoms with Gasteiger partial charge < -0.3 is 10.5 Å². The summed E-state index contributed by atoms with van der Waals surface area (Å²) in [6, 6.07) is 12.6. The smallest absolute Gasteiger partial charge is 0.220 e. The number of benzene rings is 1. The fourth-order valence-electron chi connectivity index (χ4n) is 3.12. The molecule has 0 aliphatic carbocycles. The number of nitrogens with two attached hydrogens (primary N) is 1. The van der Waals surface area contributed by atoms with E-state index in [2.05, 4.69) is 39.1 Å². The van der Waals surface area contributed by atoms with E-state index in [4.69, 9.17) is 10.5 Å². The van der Waals surface area contributed by atoms with E-state index in [1.165, 1.54) is 20.9 Å². The van der Waals surface area contributed by atoms with Gasteiger partial charge >= 0.3 is 0 Å². The molecule has 3 heterocycles. The first-order chi connectivity index (χ1) is 12.2. The molecule has 1 aromatic carbocycles. The summed E-state index contributed by atoms with van der Waals surface area (Å²) in [7, 11) is 1.69. The molecule has 5 nitrogen and oxygen atoms in total. The van der Waals surface area contributed by atoms with Gasteiger partial charge in [0.05, 0.1) is 12.8 Å². The molecular formula is C19H20N4OS. The van der Waals surface area contributed by atoms with E-state index < -0.39 is 0 Å². The van der Waals surface area contributed by atoms with Crippen LogP contribution < -0.4 is 10.5 Å². The van der Waals surface area contributed by atoms with Crippen molar-refractivity contribution < 1.29 is 4.74 Å². The normalized spacial score (nSPS) is 14.3. The highest BCUT2D eigenvalue weighted by molar-refractivity contribution is 7.15. The van der Waals surface area contributed by atoms with Crippen molar-refractivity contribution in [2.45, 2.75) is 19.5 Å². The second-order valence-electron chi connectivity index (χ2n) is 6.16. The van der Waals surface area contributed by atoms with E-state index in [0.29, 0.717) is 5.95 Å². The summed E-state index contributed by atoms with van der Waals surface area (Å²) in [5, 5.41) is 0. The Morgan fingerprint density at radius 1 is 1.20 bits per heavy atom. The van der Waals surface area contributed by atoms with E-state index in [-0.39, 0.29) is 0 Å². The van der Waals surface area contributed by atoms with Gasteiger partial charge in [0.1, 0.15) is 5.75 Å². The third-order valence-corrected chi connectivity index (χ3v) is 5.57. The fourth-order valence-corrected chi connectivity index (χ4v) is 4.17. The van der Waals surface area contributed by atoms with Gasteiger partial charge in [0, 0.05) is 47.6 Å². The highest BCUT2D eigenvalue weighted by atomic mass is 32.1. The average Bonchev–Trinajstić information content (AvgIpc) is 3.10. The van der Waals surface area contributed by atoms with Gasteiger partial charge in [0.25, 0.3) is 0 Å². The van der Waals surface area contributed by atoms with E-state index in [1.54, 1.807) is 7.11 Å². The van der Waals surface area contributed by atoms with Crippen LogP contribution in [0.1, 0.15) is 16.1 Å². The summed E-state index contributed by atoms with van der Waals surface area (Å²) in [6.45, 7) is 2.83. The maximum atomic E-state index is 5.67.